The SMILES string of the molecule is COC(=O)[C@@H]1CC2(CCc3c(c(C)nc4ccc(OC(F)(F)F)cc34)O2)CN1C(=O)OC(C)(C)C. The van der Waals surface area contributed by atoms with Gasteiger partial charge >= 0.3 is 18.4 Å². The predicted octanol–water partition coefficient (Wildman–Crippen LogP) is 4.69. The maximum Gasteiger partial charge on any atom is 0.573 e. The molecule has 0 bridgehead atoms. The third-order valence-corrected chi connectivity index (χ3v) is 6.07. The number of alkyl halides is 3. The summed E-state index contributed by atoms with van der Waals surface area (Å²) in [5.41, 5.74) is 0.119. The lowest BCUT2D eigenvalue weighted by atomic mass is 9.87. The minimum Gasteiger partial charge on any atom is -0.483 e. The van der Waals surface area contributed by atoms with Gasteiger partial charge in [0.05, 0.1) is 24.9 Å². The minimum absolute atomic E-state index is 0.0931. The van der Waals surface area contributed by atoms with Gasteiger partial charge in [-0.05, 0) is 58.7 Å². The molecule has 0 N–H and O–H groups in total. The molecular formula is C24H27F3N2O6. The van der Waals surface area contributed by atoms with Crippen LogP contribution in [0.2, 0.25) is 0 Å². The van der Waals surface area contributed by atoms with E-state index >= 15 is 0 Å². The predicted molar refractivity (Wildman–Crippen MR) is 118 cm³/mol. The van der Waals surface area contributed by atoms with Crippen LogP contribution in [0.4, 0.5) is 18.0 Å². The van der Waals surface area contributed by atoms with E-state index in [2.05, 4.69) is 9.72 Å². The monoisotopic (exact) mass is 496 g/mol. The van der Waals surface area contributed by atoms with Crippen LogP contribution in [0, 0.1) is 6.92 Å². The van der Waals surface area contributed by atoms with E-state index in [0.717, 1.165) is 0 Å². The van der Waals surface area contributed by atoms with Crippen molar-refractivity contribution >= 4 is 23.0 Å². The second-order valence-electron chi connectivity index (χ2n) is 9.87. The number of carbonyl (C=O) groups excluding carboxylic acids is 2. The first-order chi connectivity index (χ1) is 16.2. The van der Waals surface area contributed by atoms with Crippen molar-refractivity contribution < 1.29 is 41.7 Å². The number of carbonyl (C=O) groups is 2. The van der Waals surface area contributed by atoms with Crippen LogP contribution in [-0.4, -0.2) is 59.2 Å². The average Bonchev–Trinajstić information content (AvgIpc) is 3.11. The zero-order valence-corrected chi connectivity index (χ0v) is 20.1. The zero-order chi connectivity index (χ0) is 25.8. The first-order valence-electron chi connectivity index (χ1n) is 11.2. The molecule has 190 valence electrons. The highest BCUT2D eigenvalue weighted by atomic mass is 19.4. The highest BCUT2D eigenvalue weighted by Gasteiger charge is 2.53. The summed E-state index contributed by atoms with van der Waals surface area (Å²) in [7, 11) is 1.25. The van der Waals surface area contributed by atoms with Gasteiger partial charge in [0.2, 0.25) is 0 Å². The number of halogens is 3. The molecule has 8 nitrogen and oxygen atoms in total. The van der Waals surface area contributed by atoms with Crippen LogP contribution in [0.3, 0.4) is 0 Å². The zero-order valence-electron chi connectivity index (χ0n) is 20.1. The topological polar surface area (TPSA) is 87.2 Å². The molecule has 2 aliphatic heterocycles. The number of pyridine rings is 1. The van der Waals surface area contributed by atoms with E-state index in [-0.39, 0.29) is 18.7 Å². The van der Waals surface area contributed by atoms with Crippen LogP contribution in [-0.2, 0) is 20.7 Å². The van der Waals surface area contributed by atoms with Gasteiger partial charge in [-0.2, -0.15) is 0 Å². The fourth-order valence-corrected chi connectivity index (χ4v) is 4.69. The van der Waals surface area contributed by atoms with Crippen molar-refractivity contribution in [2.75, 3.05) is 13.7 Å². The molecule has 1 amide bonds. The minimum atomic E-state index is -4.82. The van der Waals surface area contributed by atoms with Crippen LogP contribution in [0.5, 0.6) is 11.5 Å². The van der Waals surface area contributed by atoms with E-state index in [0.29, 0.717) is 40.8 Å². The number of fused-ring (bicyclic) bond motifs is 3. The van der Waals surface area contributed by atoms with Crippen LogP contribution in [0.1, 0.15) is 44.9 Å². The number of hydrogen-bond acceptors (Lipinski definition) is 7. The number of aromatic nitrogens is 1. The Labute approximate surface area is 200 Å². The molecule has 11 heteroatoms. The molecule has 1 unspecified atom stereocenters. The fraction of sp³-hybridized carbons (Fsp3) is 0.542. The maximum atomic E-state index is 12.9. The lowest BCUT2D eigenvalue weighted by Crippen LogP contribution is -2.46. The number of methoxy groups -OCH3 is 1. The standard InChI is InChI=1S/C24H27F3N2O6/c1-13-19-15(16-10-14(33-24(25,26)27)6-7-17(16)28-13)8-9-23(34-19)11-18(20(30)32-5)29(12-23)21(31)35-22(2,3)4/h6-7,10,18H,8-9,11-12H2,1-5H3/t18-,23?/m0/s1. The van der Waals surface area contributed by atoms with E-state index in [9.17, 15) is 22.8 Å². The summed E-state index contributed by atoms with van der Waals surface area (Å²) < 4.78 is 59.1. The van der Waals surface area contributed by atoms with Gasteiger partial charge in [-0.25, -0.2) is 14.6 Å². The average molecular weight is 496 g/mol. The van der Waals surface area contributed by atoms with Crippen molar-refractivity contribution in [3.63, 3.8) is 0 Å². The molecule has 1 fully saturated rings. The number of hydrogen-bond donors (Lipinski definition) is 0. The lowest BCUT2D eigenvalue weighted by Gasteiger charge is -2.36. The highest BCUT2D eigenvalue weighted by Crippen LogP contribution is 2.45. The Morgan fingerprint density at radius 2 is 1.94 bits per heavy atom. The number of likely N-dealkylation sites (tertiary alicyclic amines) is 1. The Kier molecular flexibility index (Phi) is 6.01. The van der Waals surface area contributed by atoms with E-state index in [1.165, 1.54) is 30.2 Å². The molecule has 0 radical (unpaired) electrons. The molecule has 2 atom stereocenters. The molecule has 2 aliphatic rings. The molecule has 0 saturated carbocycles. The second-order valence-corrected chi connectivity index (χ2v) is 9.87. The number of amides is 1. The van der Waals surface area contributed by atoms with Crippen molar-refractivity contribution in [3.8, 4) is 11.5 Å². The van der Waals surface area contributed by atoms with Gasteiger partial charge in [0.25, 0.3) is 0 Å². The Morgan fingerprint density at radius 1 is 1.23 bits per heavy atom. The lowest BCUT2D eigenvalue weighted by molar-refractivity contribution is -0.274. The molecule has 2 aromatic rings. The summed E-state index contributed by atoms with van der Waals surface area (Å²) in [4.78, 5) is 31.2. The summed E-state index contributed by atoms with van der Waals surface area (Å²) in [5, 5.41) is 0.494. The van der Waals surface area contributed by atoms with E-state index in [1.807, 2.05) is 0 Å². The van der Waals surface area contributed by atoms with Crippen molar-refractivity contribution in [1.82, 2.24) is 9.88 Å². The van der Waals surface area contributed by atoms with Crippen LogP contribution in [0.25, 0.3) is 10.9 Å². The Bertz CT molecular complexity index is 1180. The Hall–Kier alpha value is -3.24. The first kappa shape index (κ1) is 24.9. The fourth-order valence-electron chi connectivity index (χ4n) is 4.69. The van der Waals surface area contributed by atoms with Crippen molar-refractivity contribution in [3.05, 3.63) is 29.5 Å². The largest absolute Gasteiger partial charge is 0.573 e. The van der Waals surface area contributed by atoms with Crippen LogP contribution < -0.4 is 9.47 Å². The van der Waals surface area contributed by atoms with Crippen molar-refractivity contribution in [1.29, 1.82) is 0 Å². The number of ether oxygens (including phenoxy) is 4. The van der Waals surface area contributed by atoms with E-state index in [1.54, 1.807) is 27.7 Å². The van der Waals surface area contributed by atoms with Gasteiger partial charge < -0.3 is 18.9 Å². The van der Waals surface area contributed by atoms with Gasteiger partial charge in [-0.15, -0.1) is 13.2 Å². The van der Waals surface area contributed by atoms with Gasteiger partial charge in [0, 0.05) is 17.4 Å². The summed E-state index contributed by atoms with van der Waals surface area (Å²) in [6.45, 7) is 7.03. The second kappa shape index (κ2) is 8.46. The molecule has 35 heavy (non-hydrogen) atoms. The van der Waals surface area contributed by atoms with Gasteiger partial charge in [0.15, 0.2) is 0 Å². The third kappa shape index (κ3) is 5.08. The van der Waals surface area contributed by atoms with Crippen molar-refractivity contribution in [2.45, 2.75) is 70.6 Å². The Balaban J connectivity index is 1.69. The number of nitrogens with zero attached hydrogens (tertiary/aromatic N) is 2. The smallest absolute Gasteiger partial charge is 0.483 e. The molecule has 0 aliphatic carbocycles. The Morgan fingerprint density at radius 3 is 2.57 bits per heavy atom. The van der Waals surface area contributed by atoms with Crippen LogP contribution >= 0.6 is 0 Å². The molecule has 4 rings (SSSR count). The quantitative estimate of drug-likeness (QED) is 0.558. The number of aryl methyl sites for hydroxylation is 2. The molecule has 1 spiro atoms. The third-order valence-electron chi connectivity index (χ3n) is 6.07. The molecule has 3 heterocycles. The number of esters is 1. The van der Waals surface area contributed by atoms with Gasteiger partial charge in [-0.3, -0.25) is 4.90 Å². The molecule has 1 aromatic heterocycles. The molecular weight excluding hydrogens is 469 g/mol. The van der Waals surface area contributed by atoms with E-state index in [4.69, 9.17) is 14.2 Å². The number of rotatable bonds is 2. The summed E-state index contributed by atoms with van der Waals surface area (Å²) >= 11 is 0. The van der Waals surface area contributed by atoms with E-state index < -0.39 is 35.7 Å². The van der Waals surface area contributed by atoms with Crippen LogP contribution in [0.15, 0.2) is 18.2 Å². The normalized spacial score (nSPS) is 22.1. The molecule has 1 aromatic carbocycles. The first-order valence-corrected chi connectivity index (χ1v) is 11.2. The number of benzene rings is 1. The summed E-state index contributed by atoms with van der Waals surface area (Å²) in [6.07, 6.45) is -4.41. The maximum absolute atomic E-state index is 12.9. The van der Waals surface area contributed by atoms with Gasteiger partial charge in [-0.1, -0.05) is 0 Å². The van der Waals surface area contributed by atoms with Crippen molar-refractivity contribution in [2.24, 2.45) is 0 Å². The summed E-state index contributed by atoms with van der Waals surface area (Å²) in [5.74, 6) is -0.493. The molecule has 1 saturated heterocycles. The highest BCUT2D eigenvalue weighted by molar-refractivity contribution is 5.87. The summed E-state index contributed by atoms with van der Waals surface area (Å²) in [6, 6.07) is 3.10. The van der Waals surface area contributed by atoms with Gasteiger partial charge in [0.1, 0.15) is 28.7 Å².